The van der Waals surface area contributed by atoms with Crippen molar-refractivity contribution in [3.8, 4) is 0 Å². The summed E-state index contributed by atoms with van der Waals surface area (Å²) in [6.07, 6.45) is 3.17. The summed E-state index contributed by atoms with van der Waals surface area (Å²) < 4.78 is 5.11. The molecule has 2 nitrogen and oxygen atoms in total. The molecule has 0 unspecified atom stereocenters. The molecule has 1 radical (unpaired) electrons. The SMILES string of the molecule is O=C(/C=C/c1ccccc1)OCc1cc[c]cc1. The van der Waals surface area contributed by atoms with Crippen LogP contribution in [0.1, 0.15) is 11.1 Å². The Morgan fingerprint density at radius 1 is 1.11 bits per heavy atom. The van der Waals surface area contributed by atoms with Crippen molar-refractivity contribution >= 4 is 12.0 Å². The molecule has 2 rings (SSSR count). The van der Waals surface area contributed by atoms with Crippen molar-refractivity contribution < 1.29 is 9.53 Å². The lowest BCUT2D eigenvalue weighted by Crippen LogP contribution is -2.00. The van der Waals surface area contributed by atoms with Gasteiger partial charge < -0.3 is 4.74 Å². The average molecular weight is 237 g/mol. The van der Waals surface area contributed by atoms with Crippen molar-refractivity contribution in [1.29, 1.82) is 0 Å². The van der Waals surface area contributed by atoms with Gasteiger partial charge in [0.05, 0.1) is 0 Å². The smallest absolute Gasteiger partial charge is 0.331 e. The fourth-order valence-corrected chi connectivity index (χ4v) is 1.45. The highest BCUT2D eigenvalue weighted by Gasteiger charge is 1.97. The van der Waals surface area contributed by atoms with Crippen LogP contribution in [0.3, 0.4) is 0 Å². The van der Waals surface area contributed by atoms with E-state index in [4.69, 9.17) is 4.74 Å². The number of carbonyl (C=O) groups is 1. The lowest BCUT2D eigenvalue weighted by atomic mass is 10.2. The van der Waals surface area contributed by atoms with Crippen LogP contribution in [0.2, 0.25) is 0 Å². The molecule has 0 atom stereocenters. The largest absolute Gasteiger partial charge is 0.458 e. The van der Waals surface area contributed by atoms with E-state index in [0.29, 0.717) is 0 Å². The third-order valence-electron chi connectivity index (χ3n) is 2.38. The predicted molar refractivity (Wildman–Crippen MR) is 70.6 cm³/mol. The Morgan fingerprint density at radius 3 is 2.56 bits per heavy atom. The summed E-state index contributed by atoms with van der Waals surface area (Å²) in [5, 5.41) is 0. The zero-order chi connectivity index (χ0) is 12.6. The number of rotatable bonds is 4. The quantitative estimate of drug-likeness (QED) is 0.602. The van der Waals surface area contributed by atoms with E-state index in [2.05, 4.69) is 6.07 Å². The van der Waals surface area contributed by atoms with Crippen molar-refractivity contribution in [2.24, 2.45) is 0 Å². The van der Waals surface area contributed by atoms with Crippen LogP contribution >= 0.6 is 0 Å². The van der Waals surface area contributed by atoms with Crippen LogP contribution in [0.15, 0.2) is 60.7 Å². The maximum Gasteiger partial charge on any atom is 0.331 e. The molecule has 18 heavy (non-hydrogen) atoms. The highest BCUT2D eigenvalue weighted by molar-refractivity contribution is 5.86. The lowest BCUT2D eigenvalue weighted by molar-refractivity contribution is -0.138. The summed E-state index contributed by atoms with van der Waals surface area (Å²) in [4.78, 5) is 11.5. The molecular weight excluding hydrogens is 224 g/mol. The first-order chi connectivity index (χ1) is 8.84. The molecule has 0 saturated heterocycles. The summed E-state index contributed by atoms with van der Waals surface area (Å²) in [7, 11) is 0. The third kappa shape index (κ3) is 3.91. The Morgan fingerprint density at radius 2 is 1.83 bits per heavy atom. The highest BCUT2D eigenvalue weighted by Crippen LogP contribution is 2.03. The molecule has 2 heteroatoms. The van der Waals surface area contributed by atoms with Crippen molar-refractivity contribution in [3.63, 3.8) is 0 Å². The molecule has 0 amide bonds. The second kappa shape index (κ2) is 6.40. The molecule has 89 valence electrons. The summed E-state index contributed by atoms with van der Waals surface area (Å²) >= 11 is 0. The van der Waals surface area contributed by atoms with E-state index < -0.39 is 0 Å². The van der Waals surface area contributed by atoms with Crippen LogP contribution in [0.4, 0.5) is 0 Å². The van der Waals surface area contributed by atoms with E-state index in [1.807, 2.05) is 42.5 Å². The van der Waals surface area contributed by atoms with E-state index in [1.54, 1.807) is 18.2 Å². The molecule has 0 N–H and O–H groups in total. The number of benzene rings is 2. The highest BCUT2D eigenvalue weighted by atomic mass is 16.5. The van der Waals surface area contributed by atoms with Gasteiger partial charge in [-0.05, 0) is 23.3 Å². The monoisotopic (exact) mass is 237 g/mol. The topological polar surface area (TPSA) is 26.3 Å². The van der Waals surface area contributed by atoms with Crippen molar-refractivity contribution in [3.05, 3.63) is 77.9 Å². The number of hydrogen-bond donors (Lipinski definition) is 0. The molecule has 0 aromatic heterocycles. The fourth-order valence-electron chi connectivity index (χ4n) is 1.45. The molecule has 0 bridgehead atoms. The second-order valence-electron chi connectivity index (χ2n) is 3.76. The van der Waals surface area contributed by atoms with Gasteiger partial charge in [0.25, 0.3) is 0 Å². The van der Waals surface area contributed by atoms with Crippen LogP contribution in [0.5, 0.6) is 0 Å². The van der Waals surface area contributed by atoms with Crippen LogP contribution in [-0.4, -0.2) is 5.97 Å². The zero-order valence-corrected chi connectivity index (χ0v) is 9.87. The standard InChI is InChI=1S/C16H13O2/c17-16(12-11-14-7-3-1-4-8-14)18-13-15-9-5-2-6-10-15/h1,3-12H,13H2/b12-11+. The Hall–Kier alpha value is -2.35. The van der Waals surface area contributed by atoms with Crippen molar-refractivity contribution in [2.75, 3.05) is 0 Å². The predicted octanol–water partition coefficient (Wildman–Crippen LogP) is 3.24. The van der Waals surface area contributed by atoms with Crippen LogP contribution in [0, 0.1) is 6.07 Å². The first kappa shape index (κ1) is 12.1. The lowest BCUT2D eigenvalue weighted by Gasteiger charge is -2.01. The van der Waals surface area contributed by atoms with E-state index in [0.717, 1.165) is 11.1 Å². The number of esters is 1. The maximum absolute atomic E-state index is 11.5. The first-order valence-corrected chi connectivity index (χ1v) is 5.69. The molecule has 0 aliphatic carbocycles. The van der Waals surface area contributed by atoms with Gasteiger partial charge in [0.2, 0.25) is 0 Å². The van der Waals surface area contributed by atoms with Gasteiger partial charge in [0, 0.05) is 6.08 Å². The van der Waals surface area contributed by atoms with Crippen molar-refractivity contribution in [2.45, 2.75) is 6.61 Å². The molecular formula is C16H13O2. The Kier molecular flexibility index (Phi) is 4.31. The average Bonchev–Trinajstić information content (AvgIpc) is 2.45. The second-order valence-corrected chi connectivity index (χ2v) is 3.76. The minimum atomic E-state index is -0.341. The number of ether oxygens (including phenoxy) is 1. The molecule has 0 aliphatic heterocycles. The van der Waals surface area contributed by atoms with Gasteiger partial charge in [-0.15, -0.1) is 0 Å². The maximum atomic E-state index is 11.5. The summed E-state index contributed by atoms with van der Waals surface area (Å²) in [5.41, 5.74) is 1.93. The summed E-state index contributed by atoms with van der Waals surface area (Å²) in [6, 6.07) is 19.9. The van der Waals surface area contributed by atoms with Gasteiger partial charge >= 0.3 is 5.97 Å². The number of carbonyl (C=O) groups excluding carboxylic acids is 1. The van der Waals surface area contributed by atoms with Crippen LogP contribution in [-0.2, 0) is 16.1 Å². The summed E-state index contributed by atoms with van der Waals surface area (Å²) in [5.74, 6) is -0.341. The number of hydrogen-bond acceptors (Lipinski definition) is 2. The van der Waals surface area contributed by atoms with Gasteiger partial charge in [-0.1, -0.05) is 54.6 Å². The summed E-state index contributed by atoms with van der Waals surface area (Å²) in [6.45, 7) is 0.284. The first-order valence-electron chi connectivity index (χ1n) is 5.69. The van der Waals surface area contributed by atoms with Gasteiger partial charge in [0.1, 0.15) is 6.61 Å². The van der Waals surface area contributed by atoms with Gasteiger partial charge in [-0.2, -0.15) is 0 Å². The van der Waals surface area contributed by atoms with E-state index in [1.165, 1.54) is 6.08 Å². The van der Waals surface area contributed by atoms with Gasteiger partial charge in [0.15, 0.2) is 0 Å². The Bertz CT molecular complexity index is 515. The third-order valence-corrected chi connectivity index (χ3v) is 2.38. The van der Waals surface area contributed by atoms with Crippen LogP contribution < -0.4 is 0 Å². The Labute approximate surface area is 107 Å². The molecule has 2 aromatic carbocycles. The fraction of sp³-hybridized carbons (Fsp3) is 0.0625. The van der Waals surface area contributed by atoms with Gasteiger partial charge in [-0.25, -0.2) is 4.79 Å². The van der Waals surface area contributed by atoms with E-state index >= 15 is 0 Å². The molecule has 0 fully saturated rings. The molecule has 0 aliphatic rings. The van der Waals surface area contributed by atoms with E-state index in [9.17, 15) is 4.79 Å². The minimum Gasteiger partial charge on any atom is -0.458 e. The van der Waals surface area contributed by atoms with E-state index in [-0.39, 0.29) is 12.6 Å². The molecule has 0 heterocycles. The zero-order valence-electron chi connectivity index (χ0n) is 9.87. The molecule has 2 aromatic rings. The normalized spacial score (nSPS) is 10.4. The Balaban J connectivity index is 1.84. The van der Waals surface area contributed by atoms with Gasteiger partial charge in [-0.3, -0.25) is 0 Å². The van der Waals surface area contributed by atoms with Crippen molar-refractivity contribution in [1.82, 2.24) is 0 Å². The van der Waals surface area contributed by atoms with Crippen LogP contribution in [0.25, 0.3) is 6.08 Å². The molecule has 0 saturated carbocycles. The minimum absolute atomic E-state index is 0.284. The molecule has 0 spiro atoms.